The fraction of sp³-hybridized carbons (Fsp3) is 0.0833. The molecule has 3 aromatic rings. The Morgan fingerprint density at radius 1 is 0.862 bits per heavy atom. The summed E-state index contributed by atoms with van der Waals surface area (Å²) < 4.78 is 6.15. The van der Waals surface area contributed by atoms with Crippen molar-refractivity contribution in [3.05, 3.63) is 102 Å². The van der Waals surface area contributed by atoms with Crippen molar-refractivity contribution in [2.45, 2.75) is 6.23 Å². The van der Waals surface area contributed by atoms with E-state index in [1.54, 1.807) is 0 Å². The predicted octanol–water partition coefficient (Wildman–Crippen LogP) is 6.77. The van der Waals surface area contributed by atoms with Crippen molar-refractivity contribution in [3.63, 3.8) is 0 Å². The second-order valence-electron chi connectivity index (χ2n) is 6.86. The summed E-state index contributed by atoms with van der Waals surface area (Å²) in [6.45, 7) is 0. The molecular weight excluding hydrogens is 495 g/mol. The van der Waals surface area contributed by atoms with E-state index in [-0.39, 0.29) is 30.2 Å². The van der Waals surface area contributed by atoms with Crippen molar-refractivity contribution in [2.75, 3.05) is 16.8 Å². The van der Waals surface area contributed by atoms with Crippen molar-refractivity contribution < 1.29 is 4.74 Å². The Morgan fingerprint density at radius 2 is 1.52 bits per heavy atom. The van der Waals surface area contributed by atoms with Crippen LogP contribution in [0, 0.1) is 0 Å². The molecule has 0 bridgehead atoms. The van der Waals surface area contributed by atoms with Crippen LogP contribution in [0.15, 0.2) is 96.2 Å². The number of hydrogen-bond donors (Lipinski definition) is 0. The molecule has 5 rings (SSSR count). The molecule has 1 unspecified atom stereocenters. The summed E-state index contributed by atoms with van der Waals surface area (Å²) in [6.07, 6.45) is 3.96. The zero-order valence-corrected chi connectivity index (χ0v) is 18.9. The molecule has 0 aromatic heterocycles. The van der Waals surface area contributed by atoms with Gasteiger partial charge in [0, 0.05) is 18.3 Å². The van der Waals surface area contributed by atoms with Crippen LogP contribution >= 0.6 is 35.6 Å². The van der Waals surface area contributed by atoms with Gasteiger partial charge in [0.15, 0.2) is 6.23 Å². The number of ether oxygens (including phenoxy) is 1. The Labute approximate surface area is 192 Å². The van der Waals surface area contributed by atoms with Gasteiger partial charge in [0.1, 0.15) is 10.9 Å². The summed E-state index contributed by atoms with van der Waals surface area (Å²) in [5.74, 6) is 0.900. The van der Waals surface area contributed by atoms with E-state index in [2.05, 4.69) is 52.3 Å². The highest BCUT2D eigenvalue weighted by Gasteiger charge is 2.28. The summed E-state index contributed by atoms with van der Waals surface area (Å²) in [6, 6.07) is 26.6. The minimum absolute atomic E-state index is 0. The molecule has 1 atom stereocenters. The maximum absolute atomic E-state index is 6.74. The average molecular weight is 515 g/mol. The van der Waals surface area contributed by atoms with Crippen molar-refractivity contribution in [1.82, 2.24) is 0 Å². The molecule has 0 fully saturated rings. The van der Waals surface area contributed by atoms with E-state index in [1.165, 1.54) is 0 Å². The molecule has 0 spiro atoms. The Bertz CT molecular complexity index is 1100. The van der Waals surface area contributed by atoms with E-state index in [0.717, 1.165) is 33.9 Å². The molecule has 29 heavy (non-hydrogen) atoms. The number of anilines is 3. The molecule has 3 nitrogen and oxygen atoms in total. The standard InChI is InChI=1S/C24H19ClN2O.HI/c1-26-21-13-7-8-14-22(21)28-24(26)16-17-15-23(25)27(18-9-3-2-4-10-18)20-12-6-5-11-19(17)20;/h2-16,24H,1H3;1H. The van der Waals surface area contributed by atoms with Crippen LogP contribution < -0.4 is 14.5 Å². The number of fused-ring (bicyclic) bond motifs is 2. The minimum Gasteiger partial charge on any atom is -0.465 e. The van der Waals surface area contributed by atoms with Crippen LogP contribution in [-0.2, 0) is 0 Å². The normalized spacial score (nSPS) is 18.5. The predicted molar refractivity (Wildman–Crippen MR) is 132 cm³/mol. The van der Waals surface area contributed by atoms with Gasteiger partial charge in [-0.3, -0.25) is 0 Å². The third-order valence-electron chi connectivity index (χ3n) is 5.16. The highest BCUT2D eigenvalue weighted by Crippen LogP contribution is 2.43. The van der Waals surface area contributed by atoms with Crippen LogP contribution in [0.3, 0.4) is 0 Å². The number of rotatable bonds is 2. The molecule has 0 N–H and O–H groups in total. The quantitative estimate of drug-likeness (QED) is 0.277. The van der Waals surface area contributed by atoms with Gasteiger partial charge in [-0.1, -0.05) is 60.1 Å². The molecule has 0 saturated carbocycles. The molecule has 5 heteroatoms. The number of halogens is 2. The van der Waals surface area contributed by atoms with E-state index >= 15 is 0 Å². The van der Waals surface area contributed by atoms with E-state index in [0.29, 0.717) is 5.16 Å². The number of nitrogens with zero attached hydrogens (tertiary/aromatic N) is 2. The van der Waals surface area contributed by atoms with E-state index in [1.807, 2.05) is 55.6 Å². The Balaban J connectivity index is 0.00000205. The highest BCUT2D eigenvalue weighted by atomic mass is 127. The molecule has 2 heterocycles. The van der Waals surface area contributed by atoms with E-state index in [4.69, 9.17) is 16.3 Å². The summed E-state index contributed by atoms with van der Waals surface area (Å²) in [4.78, 5) is 4.21. The van der Waals surface area contributed by atoms with Crippen LogP contribution in [0.25, 0.3) is 5.57 Å². The molecule has 2 aliphatic heterocycles. The van der Waals surface area contributed by atoms with Crippen molar-refractivity contribution in [3.8, 4) is 5.75 Å². The van der Waals surface area contributed by atoms with Gasteiger partial charge in [-0.2, -0.15) is 0 Å². The maximum Gasteiger partial charge on any atom is 0.192 e. The van der Waals surface area contributed by atoms with E-state index in [9.17, 15) is 0 Å². The summed E-state index contributed by atoms with van der Waals surface area (Å²) >= 11 is 6.74. The number of likely N-dealkylation sites (N-methyl/N-ethyl adjacent to an activating group) is 1. The van der Waals surface area contributed by atoms with Gasteiger partial charge >= 0.3 is 0 Å². The number of hydrogen-bond acceptors (Lipinski definition) is 3. The monoisotopic (exact) mass is 514 g/mol. The smallest absolute Gasteiger partial charge is 0.192 e. The lowest BCUT2D eigenvalue weighted by Gasteiger charge is -2.31. The van der Waals surface area contributed by atoms with E-state index < -0.39 is 0 Å². The minimum atomic E-state index is -0.176. The van der Waals surface area contributed by atoms with Gasteiger partial charge in [-0.25, -0.2) is 0 Å². The lowest BCUT2D eigenvalue weighted by molar-refractivity contribution is 0.280. The average Bonchev–Trinajstić information content (AvgIpc) is 3.04. The fourth-order valence-corrected chi connectivity index (χ4v) is 4.08. The highest BCUT2D eigenvalue weighted by molar-refractivity contribution is 14.0. The molecule has 2 aliphatic rings. The summed E-state index contributed by atoms with van der Waals surface area (Å²) in [7, 11) is 2.05. The molecule has 146 valence electrons. The molecule has 0 aliphatic carbocycles. The lowest BCUT2D eigenvalue weighted by Crippen LogP contribution is -2.29. The molecule has 0 amide bonds. The second kappa shape index (κ2) is 8.13. The SMILES string of the molecule is CN1c2ccccc2OC1C=C1C=C(Cl)N(c2ccccc2)c2ccccc21.I. The van der Waals surface area contributed by atoms with Crippen molar-refractivity contribution in [2.24, 2.45) is 0 Å². The van der Waals surface area contributed by atoms with Gasteiger partial charge in [0.2, 0.25) is 0 Å². The van der Waals surface area contributed by atoms with Crippen LogP contribution in [0.2, 0.25) is 0 Å². The first-order valence-corrected chi connectivity index (χ1v) is 9.62. The number of allylic oxidation sites excluding steroid dienone is 2. The molecule has 0 radical (unpaired) electrons. The summed E-state index contributed by atoms with van der Waals surface area (Å²) in [5, 5.41) is 0.661. The molecule has 0 saturated heterocycles. The second-order valence-corrected chi connectivity index (χ2v) is 7.25. The first-order valence-electron chi connectivity index (χ1n) is 9.24. The van der Waals surface area contributed by atoms with Crippen LogP contribution in [0.1, 0.15) is 5.56 Å². The first kappa shape index (κ1) is 19.9. The third kappa shape index (κ3) is 3.51. The lowest BCUT2D eigenvalue weighted by atomic mass is 9.98. The Hall–Kier alpha value is -2.44. The zero-order valence-electron chi connectivity index (χ0n) is 15.8. The van der Waals surface area contributed by atoms with Gasteiger partial charge in [0.05, 0.1) is 11.4 Å². The van der Waals surface area contributed by atoms with Crippen molar-refractivity contribution >= 4 is 58.2 Å². The topological polar surface area (TPSA) is 15.7 Å². The summed E-state index contributed by atoms with van der Waals surface area (Å²) in [5.41, 5.74) is 5.37. The van der Waals surface area contributed by atoms with Crippen molar-refractivity contribution in [1.29, 1.82) is 0 Å². The van der Waals surface area contributed by atoms with Gasteiger partial charge in [-0.15, -0.1) is 24.0 Å². The van der Waals surface area contributed by atoms with Gasteiger partial charge < -0.3 is 14.5 Å². The largest absolute Gasteiger partial charge is 0.465 e. The number of benzene rings is 3. The van der Waals surface area contributed by atoms with Crippen LogP contribution in [0.5, 0.6) is 5.75 Å². The molecular formula is C24H20ClIN2O. The van der Waals surface area contributed by atoms with Crippen LogP contribution in [0.4, 0.5) is 17.1 Å². The fourth-order valence-electron chi connectivity index (χ4n) is 3.77. The zero-order chi connectivity index (χ0) is 19.1. The van der Waals surface area contributed by atoms with Gasteiger partial charge in [-0.05, 0) is 48.1 Å². The Kier molecular flexibility index (Phi) is 5.56. The third-order valence-corrected chi connectivity index (χ3v) is 5.43. The van der Waals surface area contributed by atoms with Crippen LogP contribution in [-0.4, -0.2) is 13.3 Å². The Morgan fingerprint density at radius 3 is 2.28 bits per heavy atom. The number of para-hydroxylation sites is 4. The molecule has 3 aromatic carbocycles. The maximum atomic E-state index is 6.74. The first-order chi connectivity index (χ1) is 13.7. The van der Waals surface area contributed by atoms with Gasteiger partial charge in [0.25, 0.3) is 0 Å².